The molecule has 0 aliphatic carbocycles. The fraction of sp³-hybridized carbons (Fsp3) is 0.273. The Morgan fingerprint density at radius 3 is 2.46 bits per heavy atom. The average molecular weight is 377 g/mol. The zero-order valence-corrected chi connectivity index (χ0v) is 16.4. The molecular formula is C22H27N5O. The minimum atomic E-state index is 0.633. The van der Waals surface area contributed by atoms with Gasteiger partial charge in [0.1, 0.15) is 5.76 Å². The van der Waals surface area contributed by atoms with Gasteiger partial charge in [0.15, 0.2) is 5.96 Å². The van der Waals surface area contributed by atoms with Crippen LogP contribution in [0, 0.1) is 0 Å². The number of guanidine groups is 1. The number of rotatable bonds is 8. The Morgan fingerprint density at radius 2 is 1.75 bits per heavy atom. The number of pyridine rings is 1. The van der Waals surface area contributed by atoms with Crippen molar-refractivity contribution in [1.82, 2.24) is 20.5 Å². The topological polar surface area (TPSA) is 65.7 Å². The van der Waals surface area contributed by atoms with E-state index in [1.807, 2.05) is 30.3 Å². The predicted molar refractivity (Wildman–Crippen MR) is 112 cm³/mol. The van der Waals surface area contributed by atoms with E-state index in [2.05, 4.69) is 56.8 Å². The Kier molecular flexibility index (Phi) is 7.21. The lowest BCUT2D eigenvalue weighted by atomic mass is 10.1. The monoisotopic (exact) mass is 377 g/mol. The van der Waals surface area contributed by atoms with Crippen LogP contribution in [-0.2, 0) is 26.2 Å². The summed E-state index contributed by atoms with van der Waals surface area (Å²) in [5.41, 5.74) is 3.50. The van der Waals surface area contributed by atoms with Gasteiger partial charge in [0.2, 0.25) is 0 Å². The van der Waals surface area contributed by atoms with Crippen LogP contribution in [0.15, 0.2) is 76.5 Å². The first-order valence-corrected chi connectivity index (χ1v) is 9.36. The molecule has 2 aromatic heterocycles. The van der Waals surface area contributed by atoms with Crippen molar-refractivity contribution in [3.63, 3.8) is 0 Å². The maximum atomic E-state index is 5.45. The van der Waals surface area contributed by atoms with E-state index in [4.69, 9.17) is 4.42 Å². The van der Waals surface area contributed by atoms with Gasteiger partial charge in [-0.3, -0.25) is 14.9 Å². The van der Waals surface area contributed by atoms with E-state index in [0.717, 1.165) is 30.5 Å². The van der Waals surface area contributed by atoms with Gasteiger partial charge in [-0.05, 0) is 42.4 Å². The molecule has 0 fully saturated rings. The SMILES string of the molecule is CN=C(NCc1ccccn1)NCc1ccccc1CN(C)Cc1ccco1. The second-order valence-corrected chi connectivity index (χ2v) is 6.62. The Labute approximate surface area is 166 Å². The third kappa shape index (κ3) is 5.96. The van der Waals surface area contributed by atoms with E-state index in [1.54, 1.807) is 19.5 Å². The van der Waals surface area contributed by atoms with Crippen molar-refractivity contribution in [3.8, 4) is 0 Å². The molecule has 0 atom stereocenters. The molecule has 0 unspecified atom stereocenters. The van der Waals surface area contributed by atoms with Crippen LogP contribution in [0.2, 0.25) is 0 Å². The lowest BCUT2D eigenvalue weighted by Gasteiger charge is -2.19. The molecule has 6 nitrogen and oxygen atoms in total. The fourth-order valence-corrected chi connectivity index (χ4v) is 2.98. The third-order valence-corrected chi connectivity index (χ3v) is 4.40. The van der Waals surface area contributed by atoms with Crippen LogP contribution in [0.5, 0.6) is 0 Å². The number of benzene rings is 1. The summed E-state index contributed by atoms with van der Waals surface area (Å²) in [4.78, 5) is 10.9. The van der Waals surface area contributed by atoms with Gasteiger partial charge in [-0.2, -0.15) is 0 Å². The summed E-state index contributed by atoms with van der Waals surface area (Å²) < 4.78 is 5.45. The number of furan rings is 1. The van der Waals surface area contributed by atoms with Crippen LogP contribution in [0.3, 0.4) is 0 Å². The van der Waals surface area contributed by atoms with Crippen LogP contribution in [0.4, 0.5) is 0 Å². The lowest BCUT2D eigenvalue weighted by molar-refractivity contribution is 0.287. The fourth-order valence-electron chi connectivity index (χ4n) is 2.98. The van der Waals surface area contributed by atoms with Gasteiger partial charge in [0.05, 0.1) is 25.0 Å². The normalized spacial score (nSPS) is 11.6. The molecule has 28 heavy (non-hydrogen) atoms. The first-order chi connectivity index (χ1) is 13.7. The van der Waals surface area contributed by atoms with E-state index in [1.165, 1.54) is 11.1 Å². The second kappa shape index (κ2) is 10.3. The molecule has 0 bridgehead atoms. The molecule has 3 rings (SSSR count). The van der Waals surface area contributed by atoms with Gasteiger partial charge in [-0.25, -0.2) is 0 Å². The average Bonchev–Trinajstić information content (AvgIpc) is 3.23. The van der Waals surface area contributed by atoms with E-state index in [-0.39, 0.29) is 0 Å². The summed E-state index contributed by atoms with van der Waals surface area (Å²) in [7, 11) is 3.87. The van der Waals surface area contributed by atoms with Crippen molar-refractivity contribution >= 4 is 5.96 Å². The molecule has 0 saturated carbocycles. The van der Waals surface area contributed by atoms with Crippen molar-refractivity contribution in [2.24, 2.45) is 4.99 Å². The van der Waals surface area contributed by atoms with Gasteiger partial charge in [0.25, 0.3) is 0 Å². The van der Waals surface area contributed by atoms with Crippen LogP contribution >= 0.6 is 0 Å². The summed E-state index contributed by atoms with van der Waals surface area (Å²) in [6.07, 6.45) is 3.51. The van der Waals surface area contributed by atoms with Crippen molar-refractivity contribution in [2.45, 2.75) is 26.2 Å². The van der Waals surface area contributed by atoms with E-state index in [9.17, 15) is 0 Å². The molecule has 2 N–H and O–H groups in total. The van der Waals surface area contributed by atoms with Crippen LogP contribution in [0.25, 0.3) is 0 Å². The van der Waals surface area contributed by atoms with E-state index < -0.39 is 0 Å². The summed E-state index contributed by atoms with van der Waals surface area (Å²) >= 11 is 0. The first-order valence-electron chi connectivity index (χ1n) is 9.36. The second-order valence-electron chi connectivity index (χ2n) is 6.62. The Bertz CT molecular complexity index is 862. The highest BCUT2D eigenvalue weighted by Crippen LogP contribution is 2.13. The molecule has 0 amide bonds. The molecule has 6 heteroatoms. The molecule has 146 valence electrons. The number of aliphatic imine (C=N–C) groups is 1. The van der Waals surface area contributed by atoms with Crippen LogP contribution < -0.4 is 10.6 Å². The van der Waals surface area contributed by atoms with Crippen molar-refractivity contribution < 1.29 is 4.42 Å². The molecule has 0 aliphatic rings. The van der Waals surface area contributed by atoms with Gasteiger partial charge < -0.3 is 15.1 Å². The molecule has 2 heterocycles. The molecule has 0 aliphatic heterocycles. The maximum absolute atomic E-state index is 5.45. The Balaban J connectivity index is 1.54. The number of hydrogen-bond acceptors (Lipinski definition) is 4. The molecule has 0 saturated heterocycles. The smallest absolute Gasteiger partial charge is 0.191 e. The lowest BCUT2D eigenvalue weighted by Crippen LogP contribution is -2.36. The maximum Gasteiger partial charge on any atom is 0.191 e. The molecular weight excluding hydrogens is 350 g/mol. The summed E-state index contributed by atoms with van der Waals surface area (Å²) in [6.45, 7) is 2.96. The molecule has 1 aromatic carbocycles. The molecule has 0 radical (unpaired) electrons. The van der Waals surface area contributed by atoms with Crippen molar-refractivity contribution in [3.05, 3.63) is 89.6 Å². The number of hydrogen-bond donors (Lipinski definition) is 2. The zero-order valence-electron chi connectivity index (χ0n) is 16.4. The van der Waals surface area contributed by atoms with Gasteiger partial charge in [-0.15, -0.1) is 0 Å². The van der Waals surface area contributed by atoms with Crippen LogP contribution in [0.1, 0.15) is 22.6 Å². The highest BCUT2D eigenvalue weighted by atomic mass is 16.3. The van der Waals surface area contributed by atoms with Gasteiger partial charge in [0, 0.05) is 26.3 Å². The van der Waals surface area contributed by atoms with Gasteiger partial charge >= 0.3 is 0 Å². The van der Waals surface area contributed by atoms with Crippen LogP contribution in [-0.4, -0.2) is 29.9 Å². The van der Waals surface area contributed by atoms with Crippen molar-refractivity contribution in [2.75, 3.05) is 14.1 Å². The minimum Gasteiger partial charge on any atom is -0.468 e. The van der Waals surface area contributed by atoms with Crippen molar-refractivity contribution in [1.29, 1.82) is 0 Å². The molecule has 0 spiro atoms. The highest BCUT2D eigenvalue weighted by Gasteiger charge is 2.08. The summed E-state index contributed by atoms with van der Waals surface area (Å²) in [5, 5.41) is 6.69. The third-order valence-electron chi connectivity index (χ3n) is 4.40. The van der Waals surface area contributed by atoms with Gasteiger partial charge in [-0.1, -0.05) is 30.3 Å². The Morgan fingerprint density at radius 1 is 0.964 bits per heavy atom. The van der Waals surface area contributed by atoms with E-state index >= 15 is 0 Å². The summed E-state index contributed by atoms with van der Waals surface area (Å²) in [6, 6.07) is 18.3. The quantitative estimate of drug-likeness (QED) is 0.466. The predicted octanol–water partition coefficient (Wildman–Crippen LogP) is 3.17. The standard InChI is InChI=1S/C22H27N5O/c1-23-22(26-15-20-10-5-6-12-24-20)25-14-18-8-3-4-9-19(18)16-27(2)17-21-11-7-13-28-21/h3-13H,14-17H2,1-2H3,(H2,23,25,26). The Hall–Kier alpha value is -3.12. The first kappa shape index (κ1) is 19.6. The summed E-state index contributed by atoms with van der Waals surface area (Å²) in [5.74, 6) is 1.72. The highest BCUT2D eigenvalue weighted by molar-refractivity contribution is 5.79. The van der Waals surface area contributed by atoms with E-state index in [0.29, 0.717) is 13.1 Å². The minimum absolute atomic E-state index is 0.633. The molecule has 3 aromatic rings. The number of nitrogens with one attached hydrogen (secondary N) is 2. The number of aromatic nitrogens is 1. The number of nitrogens with zero attached hydrogens (tertiary/aromatic N) is 3. The largest absolute Gasteiger partial charge is 0.468 e. The zero-order chi connectivity index (χ0) is 19.6.